The molecule has 3 atom stereocenters. The van der Waals surface area contributed by atoms with Crippen molar-refractivity contribution in [1.29, 1.82) is 0 Å². The second kappa shape index (κ2) is 10.6. The maximum Gasteiger partial charge on any atom is -0.00562 e. The fourth-order valence-corrected chi connectivity index (χ4v) is 2.05. The lowest BCUT2D eigenvalue weighted by Crippen LogP contribution is -2.13. The zero-order chi connectivity index (χ0) is 13.1. The van der Waals surface area contributed by atoms with E-state index in [1.165, 1.54) is 19.3 Å². The van der Waals surface area contributed by atoms with Crippen molar-refractivity contribution in [2.45, 2.75) is 53.4 Å². The lowest BCUT2D eigenvalue weighted by atomic mass is 9.89. The molecule has 2 N–H and O–H groups in total. The summed E-state index contributed by atoms with van der Waals surface area (Å²) in [5.74, 6) is 2.16. The summed E-state index contributed by atoms with van der Waals surface area (Å²) in [6.07, 6.45) is 13.9. The average Bonchev–Trinajstić information content (AvgIpc) is 2.33. The van der Waals surface area contributed by atoms with E-state index >= 15 is 0 Å². The molecular formula is C16H31N. The quantitative estimate of drug-likeness (QED) is 0.585. The van der Waals surface area contributed by atoms with E-state index in [0.29, 0.717) is 5.92 Å². The van der Waals surface area contributed by atoms with Gasteiger partial charge in [-0.1, -0.05) is 45.1 Å². The summed E-state index contributed by atoms with van der Waals surface area (Å²) >= 11 is 0. The van der Waals surface area contributed by atoms with Gasteiger partial charge in [0.1, 0.15) is 0 Å². The van der Waals surface area contributed by atoms with Gasteiger partial charge >= 0.3 is 0 Å². The van der Waals surface area contributed by atoms with Crippen molar-refractivity contribution in [3.8, 4) is 0 Å². The van der Waals surface area contributed by atoms with E-state index in [-0.39, 0.29) is 0 Å². The van der Waals surface area contributed by atoms with E-state index in [1.807, 2.05) is 0 Å². The summed E-state index contributed by atoms with van der Waals surface area (Å²) in [5.41, 5.74) is 5.59. The number of hydrogen-bond acceptors (Lipinski definition) is 1. The van der Waals surface area contributed by atoms with Crippen LogP contribution in [0, 0.1) is 17.8 Å². The first kappa shape index (κ1) is 16.4. The fourth-order valence-electron chi connectivity index (χ4n) is 2.05. The molecule has 2 unspecified atom stereocenters. The van der Waals surface area contributed by atoms with Crippen LogP contribution in [-0.2, 0) is 0 Å². The minimum absolute atomic E-state index is 0.622. The number of hydrogen-bond donors (Lipinski definition) is 1. The van der Waals surface area contributed by atoms with Crippen molar-refractivity contribution in [3.05, 3.63) is 24.3 Å². The van der Waals surface area contributed by atoms with E-state index in [0.717, 1.165) is 24.8 Å². The molecule has 0 aromatic carbocycles. The van der Waals surface area contributed by atoms with Crippen molar-refractivity contribution in [1.82, 2.24) is 0 Å². The summed E-state index contributed by atoms with van der Waals surface area (Å²) < 4.78 is 0. The zero-order valence-electron chi connectivity index (χ0n) is 12.2. The van der Waals surface area contributed by atoms with Crippen LogP contribution >= 0.6 is 0 Å². The van der Waals surface area contributed by atoms with Gasteiger partial charge in [0.15, 0.2) is 0 Å². The molecule has 0 aliphatic carbocycles. The monoisotopic (exact) mass is 237 g/mol. The Morgan fingerprint density at radius 3 is 2.24 bits per heavy atom. The predicted octanol–water partition coefficient (Wildman–Crippen LogP) is 4.55. The average molecular weight is 237 g/mol. The second-order valence-electron chi connectivity index (χ2n) is 5.14. The molecule has 0 aliphatic heterocycles. The topological polar surface area (TPSA) is 26.0 Å². The van der Waals surface area contributed by atoms with E-state index < -0.39 is 0 Å². The summed E-state index contributed by atoms with van der Waals surface area (Å²) in [4.78, 5) is 0. The summed E-state index contributed by atoms with van der Waals surface area (Å²) in [6.45, 7) is 9.81. The van der Waals surface area contributed by atoms with Crippen LogP contribution in [0.25, 0.3) is 0 Å². The Hall–Kier alpha value is -0.560. The van der Waals surface area contributed by atoms with E-state index in [1.54, 1.807) is 0 Å². The minimum Gasteiger partial charge on any atom is -0.330 e. The smallest absolute Gasteiger partial charge is 0.00562 e. The summed E-state index contributed by atoms with van der Waals surface area (Å²) in [6, 6.07) is 0. The van der Waals surface area contributed by atoms with E-state index in [9.17, 15) is 0 Å². The van der Waals surface area contributed by atoms with Crippen molar-refractivity contribution >= 4 is 0 Å². The SMILES string of the molecule is C/C=C\C(/C=C\CC[C@@H](C)C(C)CCN)CC. The molecule has 0 aliphatic rings. The third-order valence-electron chi connectivity index (χ3n) is 3.68. The predicted molar refractivity (Wildman–Crippen MR) is 79.0 cm³/mol. The second-order valence-corrected chi connectivity index (χ2v) is 5.14. The van der Waals surface area contributed by atoms with Gasteiger partial charge in [-0.2, -0.15) is 0 Å². The normalized spacial score (nSPS) is 17.7. The molecule has 0 radical (unpaired) electrons. The van der Waals surface area contributed by atoms with Crippen LogP contribution in [0.15, 0.2) is 24.3 Å². The molecule has 17 heavy (non-hydrogen) atoms. The maximum absolute atomic E-state index is 5.59. The molecule has 0 saturated heterocycles. The standard InChI is InChI=1S/C16H31N/c1-5-9-16(6-2)11-8-7-10-14(3)15(4)12-13-17/h5,8-9,11,14-16H,6-7,10,12-13,17H2,1-4H3/b9-5-,11-8-/t14-,15?,16?/m1/s1. The van der Waals surface area contributed by atoms with Crippen LogP contribution in [0.5, 0.6) is 0 Å². The fraction of sp³-hybridized carbons (Fsp3) is 0.750. The highest BCUT2D eigenvalue weighted by Crippen LogP contribution is 2.20. The Morgan fingerprint density at radius 1 is 1.06 bits per heavy atom. The van der Waals surface area contributed by atoms with Gasteiger partial charge in [0.2, 0.25) is 0 Å². The summed E-state index contributed by atoms with van der Waals surface area (Å²) in [7, 11) is 0. The number of allylic oxidation sites excluding steroid dienone is 4. The molecule has 0 rings (SSSR count). The van der Waals surface area contributed by atoms with Gasteiger partial charge < -0.3 is 5.73 Å². The lowest BCUT2D eigenvalue weighted by molar-refractivity contribution is 0.350. The van der Waals surface area contributed by atoms with Crippen LogP contribution in [0.3, 0.4) is 0 Å². The summed E-state index contributed by atoms with van der Waals surface area (Å²) in [5, 5.41) is 0. The van der Waals surface area contributed by atoms with E-state index in [4.69, 9.17) is 5.73 Å². The Balaban J connectivity index is 3.84. The van der Waals surface area contributed by atoms with Gasteiger partial charge in [-0.25, -0.2) is 0 Å². The third kappa shape index (κ3) is 8.20. The Bertz CT molecular complexity index is 218. The van der Waals surface area contributed by atoms with Crippen molar-refractivity contribution < 1.29 is 0 Å². The molecule has 0 bridgehead atoms. The highest BCUT2D eigenvalue weighted by atomic mass is 14.5. The van der Waals surface area contributed by atoms with Gasteiger partial charge in [-0.05, 0) is 56.9 Å². The van der Waals surface area contributed by atoms with Gasteiger partial charge in [0.25, 0.3) is 0 Å². The van der Waals surface area contributed by atoms with Gasteiger partial charge in [0, 0.05) is 0 Å². The molecule has 0 fully saturated rings. The molecule has 0 spiro atoms. The number of rotatable bonds is 9. The molecule has 0 aromatic rings. The molecule has 1 nitrogen and oxygen atoms in total. The highest BCUT2D eigenvalue weighted by Gasteiger charge is 2.09. The van der Waals surface area contributed by atoms with Crippen LogP contribution in [0.1, 0.15) is 53.4 Å². The van der Waals surface area contributed by atoms with Gasteiger partial charge in [-0.15, -0.1) is 0 Å². The molecule has 1 heteroatoms. The lowest BCUT2D eigenvalue weighted by Gasteiger charge is -2.18. The van der Waals surface area contributed by atoms with Gasteiger partial charge in [0.05, 0.1) is 0 Å². The maximum atomic E-state index is 5.59. The number of nitrogens with two attached hydrogens (primary N) is 1. The largest absolute Gasteiger partial charge is 0.330 e. The zero-order valence-corrected chi connectivity index (χ0v) is 12.2. The first-order valence-electron chi connectivity index (χ1n) is 7.15. The third-order valence-corrected chi connectivity index (χ3v) is 3.68. The highest BCUT2D eigenvalue weighted by molar-refractivity contribution is 4.99. The van der Waals surface area contributed by atoms with E-state index in [2.05, 4.69) is 52.0 Å². The van der Waals surface area contributed by atoms with Crippen molar-refractivity contribution in [3.63, 3.8) is 0 Å². The molecule has 0 heterocycles. The van der Waals surface area contributed by atoms with Gasteiger partial charge in [-0.3, -0.25) is 0 Å². The van der Waals surface area contributed by atoms with Crippen molar-refractivity contribution in [2.75, 3.05) is 6.54 Å². The minimum atomic E-state index is 0.622. The first-order chi connectivity index (χ1) is 8.15. The van der Waals surface area contributed by atoms with Crippen LogP contribution in [0.4, 0.5) is 0 Å². The Kier molecular flexibility index (Phi) is 10.2. The van der Waals surface area contributed by atoms with Crippen LogP contribution in [-0.4, -0.2) is 6.54 Å². The van der Waals surface area contributed by atoms with Crippen LogP contribution in [0.2, 0.25) is 0 Å². The first-order valence-corrected chi connectivity index (χ1v) is 7.15. The molecule has 0 saturated carbocycles. The van der Waals surface area contributed by atoms with Crippen molar-refractivity contribution in [2.24, 2.45) is 23.5 Å². The molecule has 0 amide bonds. The molecular weight excluding hydrogens is 206 g/mol. The van der Waals surface area contributed by atoms with Crippen LogP contribution < -0.4 is 5.73 Å². The molecule has 0 aromatic heterocycles. The Morgan fingerprint density at radius 2 is 1.71 bits per heavy atom. The Labute approximate surface area is 108 Å². The molecule has 100 valence electrons.